The number of ether oxygens (including phenoxy) is 2. The average molecular weight is 430 g/mol. The van der Waals surface area contributed by atoms with Crippen LogP contribution in [-0.2, 0) is 0 Å². The fraction of sp³-hybridized carbons (Fsp3) is 0.192. The lowest BCUT2D eigenvalue weighted by molar-refractivity contribution is 0.252. The Morgan fingerprint density at radius 2 is 1.72 bits per heavy atom. The topological polar surface area (TPSA) is 75.4 Å². The second-order valence-corrected chi connectivity index (χ2v) is 7.61. The van der Waals surface area contributed by atoms with Gasteiger partial charge in [-0.3, -0.25) is 0 Å². The van der Waals surface area contributed by atoms with Crippen LogP contribution in [0.3, 0.4) is 0 Å². The van der Waals surface area contributed by atoms with Crippen molar-refractivity contribution in [2.75, 3.05) is 26.1 Å². The molecule has 0 aliphatic carbocycles. The first-order valence-corrected chi connectivity index (χ1v) is 10.5. The maximum atomic E-state index is 12.7. The highest BCUT2D eigenvalue weighted by Gasteiger charge is 2.21. The molecular formula is C26H27N3O3. The van der Waals surface area contributed by atoms with E-state index in [1.807, 2.05) is 73.8 Å². The molecule has 0 spiro atoms. The van der Waals surface area contributed by atoms with Gasteiger partial charge in [-0.25, -0.2) is 4.79 Å². The normalized spacial score (nSPS) is 11.7. The van der Waals surface area contributed by atoms with Gasteiger partial charge in [0, 0.05) is 35.2 Å². The summed E-state index contributed by atoms with van der Waals surface area (Å²) in [5.74, 6) is 1.23. The van der Waals surface area contributed by atoms with Crippen molar-refractivity contribution in [2.24, 2.45) is 0 Å². The summed E-state index contributed by atoms with van der Waals surface area (Å²) in [6.07, 6.45) is 2.01. The van der Waals surface area contributed by atoms with Crippen molar-refractivity contribution in [1.82, 2.24) is 10.3 Å². The zero-order chi connectivity index (χ0) is 22.5. The molecule has 1 unspecified atom stereocenters. The van der Waals surface area contributed by atoms with Crippen LogP contribution in [0.25, 0.3) is 10.9 Å². The molecule has 1 heterocycles. The number of hydrogen-bond acceptors (Lipinski definition) is 3. The number of nitrogens with one attached hydrogen (secondary N) is 3. The van der Waals surface area contributed by atoms with E-state index in [1.54, 1.807) is 14.2 Å². The van der Waals surface area contributed by atoms with Gasteiger partial charge in [-0.05, 0) is 47.9 Å². The number of aryl methyl sites for hydroxylation is 1. The fourth-order valence-corrected chi connectivity index (χ4v) is 3.93. The number of methoxy groups -OCH3 is 2. The predicted molar refractivity (Wildman–Crippen MR) is 128 cm³/mol. The molecule has 0 radical (unpaired) electrons. The van der Waals surface area contributed by atoms with Gasteiger partial charge < -0.3 is 25.1 Å². The Morgan fingerprint density at radius 1 is 0.969 bits per heavy atom. The molecule has 0 saturated carbocycles. The van der Waals surface area contributed by atoms with Crippen LogP contribution in [0.4, 0.5) is 10.5 Å². The number of aromatic nitrogens is 1. The lowest BCUT2D eigenvalue weighted by Gasteiger charge is -2.20. The molecule has 4 rings (SSSR count). The molecule has 0 aliphatic heterocycles. The molecule has 32 heavy (non-hydrogen) atoms. The fourth-order valence-electron chi connectivity index (χ4n) is 3.93. The molecule has 0 aliphatic rings. The van der Waals surface area contributed by atoms with Crippen LogP contribution in [0.1, 0.15) is 22.6 Å². The minimum Gasteiger partial charge on any atom is -0.493 e. The third-order valence-corrected chi connectivity index (χ3v) is 5.67. The molecule has 1 atom stereocenters. The molecule has 2 amide bonds. The van der Waals surface area contributed by atoms with Gasteiger partial charge in [0.1, 0.15) is 0 Å². The zero-order valence-corrected chi connectivity index (χ0v) is 18.4. The Balaban J connectivity index is 1.64. The number of carbonyl (C=O) groups is 1. The number of carbonyl (C=O) groups excluding carboxylic acids is 1. The number of amides is 2. The second-order valence-electron chi connectivity index (χ2n) is 7.61. The van der Waals surface area contributed by atoms with E-state index < -0.39 is 0 Å². The van der Waals surface area contributed by atoms with E-state index in [0.29, 0.717) is 18.0 Å². The third-order valence-electron chi connectivity index (χ3n) is 5.67. The zero-order valence-electron chi connectivity index (χ0n) is 18.4. The summed E-state index contributed by atoms with van der Waals surface area (Å²) in [6.45, 7) is 2.38. The van der Waals surface area contributed by atoms with Crippen LogP contribution in [0.2, 0.25) is 0 Å². The number of hydrogen-bond donors (Lipinski definition) is 3. The van der Waals surface area contributed by atoms with Crippen molar-refractivity contribution in [1.29, 1.82) is 0 Å². The molecule has 1 aromatic heterocycles. The first-order chi connectivity index (χ1) is 15.6. The number of fused-ring (bicyclic) bond motifs is 1. The average Bonchev–Trinajstić information content (AvgIpc) is 3.24. The number of benzene rings is 3. The SMILES string of the molecule is COc1ccc(C(CNC(=O)Nc2ccccc2C)c2c[nH]c3ccccc23)cc1OC. The lowest BCUT2D eigenvalue weighted by Crippen LogP contribution is -2.33. The molecule has 6 heteroatoms. The van der Waals surface area contributed by atoms with Gasteiger partial charge in [0.15, 0.2) is 11.5 Å². The summed E-state index contributed by atoms with van der Waals surface area (Å²) in [4.78, 5) is 16.0. The highest BCUT2D eigenvalue weighted by molar-refractivity contribution is 5.90. The number of anilines is 1. The van der Waals surface area contributed by atoms with E-state index in [4.69, 9.17) is 9.47 Å². The second kappa shape index (κ2) is 9.47. The van der Waals surface area contributed by atoms with Gasteiger partial charge in [-0.2, -0.15) is 0 Å². The minimum atomic E-state index is -0.246. The Hall–Kier alpha value is -3.93. The largest absolute Gasteiger partial charge is 0.493 e. The maximum absolute atomic E-state index is 12.7. The highest BCUT2D eigenvalue weighted by Crippen LogP contribution is 2.35. The lowest BCUT2D eigenvalue weighted by atomic mass is 9.90. The monoisotopic (exact) mass is 429 g/mol. The summed E-state index contributed by atoms with van der Waals surface area (Å²) in [7, 11) is 3.24. The number of urea groups is 1. The van der Waals surface area contributed by atoms with Gasteiger partial charge >= 0.3 is 6.03 Å². The van der Waals surface area contributed by atoms with Gasteiger partial charge in [0.25, 0.3) is 0 Å². The van der Waals surface area contributed by atoms with Crippen LogP contribution in [-0.4, -0.2) is 31.8 Å². The number of H-pyrrole nitrogens is 1. The Labute approximate surface area is 187 Å². The molecule has 0 saturated heterocycles. The van der Waals surface area contributed by atoms with Gasteiger partial charge in [-0.15, -0.1) is 0 Å². The Morgan fingerprint density at radius 3 is 2.50 bits per heavy atom. The van der Waals surface area contributed by atoms with Gasteiger partial charge in [-0.1, -0.05) is 42.5 Å². The number of para-hydroxylation sites is 2. The minimum absolute atomic E-state index is 0.0893. The summed E-state index contributed by atoms with van der Waals surface area (Å²) in [6, 6.07) is 21.5. The highest BCUT2D eigenvalue weighted by atomic mass is 16.5. The van der Waals surface area contributed by atoms with Crippen LogP contribution in [0.5, 0.6) is 11.5 Å². The van der Waals surface area contributed by atoms with Gasteiger partial charge in [0.05, 0.1) is 14.2 Å². The van der Waals surface area contributed by atoms with E-state index >= 15 is 0 Å². The Kier molecular flexibility index (Phi) is 6.31. The number of aromatic amines is 1. The molecule has 0 bridgehead atoms. The molecule has 4 aromatic rings. The molecule has 3 N–H and O–H groups in total. The Bertz CT molecular complexity index is 1230. The van der Waals surface area contributed by atoms with Crippen LogP contribution < -0.4 is 20.1 Å². The van der Waals surface area contributed by atoms with E-state index in [2.05, 4.69) is 21.7 Å². The summed E-state index contributed by atoms with van der Waals surface area (Å²) < 4.78 is 10.9. The molecular weight excluding hydrogens is 402 g/mol. The first-order valence-electron chi connectivity index (χ1n) is 10.5. The molecule has 0 fully saturated rings. The van der Waals surface area contributed by atoms with Crippen molar-refractivity contribution in [3.63, 3.8) is 0 Å². The van der Waals surface area contributed by atoms with E-state index in [-0.39, 0.29) is 11.9 Å². The standard InChI is InChI=1S/C26H27N3O3/c1-17-8-4-6-10-22(17)29-26(30)28-15-20(18-12-13-24(31-2)25(14-18)32-3)21-16-27-23-11-7-5-9-19(21)23/h4-14,16,20,27H,15H2,1-3H3,(H2,28,29,30). The van der Waals surface area contributed by atoms with Crippen LogP contribution in [0.15, 0.2) is 72.9 Å². The quantitative estimate of drug-likeness (QED) is 0.366. The van der Waals surface area contributed by atoms with Crippen molar-refractivity contribution in [3.05, 3.63) is 89.6 Å². The molecule has 164 valence electrons. The third kappa shape index (κ3) is 4.39. The van der Waals surface area contributed by atoms with E-state index in [0.717, 1.165) is 33.3 Å². The summed E-state index contributed by atoms with van der Waals surface area (Å²) in [5.41, 5.74) is 4.97. The maximum Gasteiger partial charge on any atom is 0.319 e. The van der Waals surface area contributed by atoms with Crippen molar-refractivity contribution in [3.8, 4) is 11.5 Å². The molecule has 6 nitrogen and oxygen atoms in total. The van der Waals surface area contributed by atoms with Crippen molar-refractivity contribution < 1.29 is 14.3 Å². The number of rotatable bonds is 7. The van der Waals surface area contributed by atoms with Crippen molar-refractivity contribution in [2.45, 2.75) is 12.8 Å². The summed E-state index contributed by atoms with van der Waals surface area (Å²) >= 11 is 0. The van der Waals surface area contributed by atoms with Crippen LogP contribution in [0, 0.1) is 6.92 Å². The first kappa shape index (κ1) is 21.3. The summed E-state index contributed by atoms with van der Waals surface area (Å²) in [5, 5.41) is 7.10. The predicted octanol–water partition coefficient (Wildman–Crippen LogP) is 5.45. The van der Waals surface area contributed by atoms with E-state index in [1.165, 1.54) is 0 Å². The van der Waals surface area contributed by atoms with Gasteiger partial charge in [0.2, 0.25) is 0 Å². The van der Waals surface area contributed by atoms with E-state index in [9.17, 15) is 4.79 Å². The van der Waals surface area contributed by atoms with Crippen LogP contribution >= 0.6 is 0 Å². The smallest absolute Gasteiger partial charge is 0.319 e. The van der Waals surface area contributed by atoms with Crippen molar-refractivity contribution >= 4 is 22.6 Å². The molecule has 3 aromatic carbocycles.